The lowest BCUT2D eigenvalue weighted by molar-refractivity contribution is 0.0549. The Morgan fingerprint density at radius 2 is 2.06 bits per heavy atom. The quantitative estimate of drug-likeness (QED) is 0.772. The van der Waals surface area contributed by atoms with Crippen molar-refractivity contribution < 1.29 is 14.6 Å². The molecule has 1 aromatic rings. The van der Waals surface area contributed by atoms with E-state index in [1.807, 2.05) is 0 Å². The number of thiocarbonyl (C=S) groups is 1. The Morgan fingerprint density at radius 3 is 2.56 bits per heavy atom. The van der Waals surface area contributed by atoms with E-state index in [0.717, 1.165) is 5.56 Å². The normalized spacial score (nSPS) is 11.1. The van der Waals surface area contributed by atoms with Gasteiger partial charge in [-0.25, -0.2) is 0 Å². The van der Waals surface area contributed by atoms with Crippen molar-refractivity contribution in [3.8, 4) is 11.5 Å². The highest BCUT2D eigenvalue weighted by Crippen LogP contribution is 2.28. The first-order chi connectivity index (χ1) is 8.33. The predicted molar refractivity (Wildman–Crippen MR) is 75.3 cm³/mol. The Morgan fingerprint density at radius 1 is 1.39 bits per heavy atom. The van der Waals surface area contributed by atoms with Crippen LogP contribution in [0.1, 0.15) is 25.8 Å². The number of rotatable bonds is 6. The molecule has 0 unspecified atom stereocenters. The fourth-order valence-electron chi connectivity index (χ4n) is 1.35. The van der Waals surface area contributed by atoms with Gasteiger partial charge in [-0.3, -0.25) is 0 Å². The molecule has 0 aliphatic carbocycles. The Kier molecular flexibility index (Phi) is 4.93. The van der Waals surface area contributed by atoms with Gasteiger partial charge in [0.1, 0.15) is 4.99 Å². The molecule has 18 heavy (non-hydrogen) atoms. The molecule has 0 atom stereocenters. The standard InChI is InChI=1S/C13H19NO3S/c1-13(2,15)6-7-17-10-5-4-9(12(14)18)8-11(10)16-3/h4-5,8,15H,6-7H2,1-3H3,(H2,14,18). The molecule has 0 aliphatic rings. The first-order valence-corrected chi connectivity index (χ1v) is 6.07. The van der Waals surface area contributed by atoms with E-state index in [0.29, 0.717) is 29.5 Å². The van der Waals surface area contributed by atoms with E-state index in [9.17, 15) is 5.11 Å². The molecule has 0 spiro atoms. The SMILES string of the molecule is COc1cc(C(N)=S)ccc1OCCC(C)(C)O. The predicted octanol–water partition coefficient (Wildman–Crippen LogP) is 1.87. The third-order valence-corrected chi connectivity index (χ3v) is 2.66. The van der Waals surface area contributed by atoms with E-state index >= 15 is 0 Å². The highest BCUT2D eigenvalue weighted by atomic mass is 32.1. The van der Waals surface area contributed by atoms with Crippen LogP contribution in [0.5, 0.6) is 11.5 Å². The van der Waals surface area contributed by atoms with Gasteiger partial charge in [0.2, 0.25) is 0 Å². The summed E-state index contributed by atoms with van der Waals surface area (Å²) in [5.41, 5.74) is 5.54. The van der Waals surface area contributed by atoms with Crippen LogP contribution in [0.2, 0.25) is 0 Å². The van der Waals surface area contributed by atoms with Crippen molar-refractivity contribution >= 4 is 17.2 Å². The van der Waals surface area contributed by atoms with Gasteiger partial charge in [-0.2, -0.15) is 0 Å². The van der Waals surface area contributed by atoms with Crippen LogP contribution < -0.4 is 15.2 Å². The third kappa shape index (κ3) is 4.50. The molecule has 3 N–H and O–H groups in total. The van der Waals surface area contributed by atoms with Gasteiger partial charge in [0, 0.05) is 12.0 Å². The van der Waals surface area contributed by atoms with E-state index in [1.54, 1.807) is 39.2 Å². The number of nitrogens with two attached hydrogens (primary N) is 1. The van der Waals surface area contributed by atoms with E-state index in [4.69, 9.17) is 27.4 Å². The maximum absolute atomic E-state index is 9.59. The number of benzene rings is 1. The van der Waals surface area contributed by atoms with Gasteiger partial charge in [-0.15, -0.1) is 0 Å². The highest BCUT2D eigenvalue weighted by Gasteiger charge is 2.13. The fourth-order valence-corrected chi connectivity index (χ4v) is 1.48. The fraction of sp³-hybridized carbons (Fsp3) is 0.462. The minimum Gasteiger partial charge on any atom is -0.493 e. The molecule has 0 radical (unpaired) electrons. The summed E-state index contributed by atoms with van der Waals surface area (Å²) in [6.07, 6.45) is 0.535. The van der Waals surface area contributed by atoms with E-state index in [2.05, 4.69) is 0 Å². The second-order valence-electron chi connectivity index (χ2n) is 4.64. The van der Waals surface area contributed by atoms with Crippen molar-refractivity contribution in [2.75, 3.05) is 13.7 Å². The van der Waals surface area contributed by atoms with Gasteiger partial charge in [0.25, 0.3) is 0 Å². The number of aliphatic hydroxyl groups is 1. The smallest absolute Gasteiger partial charge is 0.161 e. The summed E-state index contributed by atoms with van der Waals surface area (Å²) < 4.78 is 10.8. The zero-order chi connectivity index (χ0) is 13.8. The molecule has 0 saturated heterocycles. The second kappa shape index (κ2) is 6.02. The molecule has 0 aliphatic heterocycles. The van der Waals surface area contributed by atoms with Gasteiger partial charge in [0.05, 0.1) is 19.3 Å². The number of methoxy groups -OCH3 is 1. The Bertz CT molecular complexity index is 427. The maximum atomic E-state index is 9.59. The zero-order valence-corrected chi connectivity index (χ0v) is 11.7. The summed E-state index contributed by atoms with van der Waals surface area (Å²) in [5, 5.41) is 9.59. The first kappa shape index (κ1) is 14.7. The van der Waals surface area contributed by atoms with E-state index in [1.165, 1.54) is 0 Å². The largest absolute Gasteiger partial charge is 0.493 e. The van der Waals surface area contributed by atoms with Crippen LogP contribution >= 0.6 is 12.2 Å². The number of hydrogen-bond donors (Lipinski definition) is 2. The third-order valence-electron chi connectivity index (χ3n) is 2.42. The van der Waals surface area contributed by atoms with Crippen LogP contribution in [0.4, 0.5) is 0 Å². The monoisotopic (exact) mass is 269 g/mol. The van der Waals surface area contributed by atoms with Crippen molar-refractivity contribution in [1.82, 2.24) is 0 Å². The molecule has 0 bridgehead atoms. The van der Waals surface area contributed by atoms with Crippen molar-refractivity contribution in [3.05, 3.63) is 23.8 Å². The van der Waals surface area contributed by atoms with Gasteiger partial charge in [-0.05, 0) is 32.0 Å². The molecule has 0 heterocycles. The van der Waals surface area contributed by atoms with Crippen LogP contribution in [-0.2, 0) is 0 Å². The van der Waals surface area contributed by atoms with E-state index in [-0.39, 0.29) is 0 Å². The minimum atomic E-state index is -0.744. The van der Waals surface area contributed by atoms with Gasteiger partial charge in [0.15, 0.2) is 11.5 Å². The second-order valence-corrected chi connectivity index (χ2v) is 5.08. The average molecular weight is 269 g/mol. The van der Waals surface area contributed by atoms with Crippen molar-refractivity contribution in [2.45, 2.75) is 25.9 Å². The van der Waals surface area contributed by atoms with Crippen LogP contribution in [-0.4, -0.2) is 29.4 Å². The first-order valence-electron chi connectivity index (χ1n) is 5.66. The zero-order valence-electron chi connectivity index (χ0n) is 10.9. The number of hydrogen-bond acceptors (Lipinski definition) is 4. The van der Waals surface area contributed by atoms with Crippen LogP contribution in [0.3, 0.4) is 0 Å². The van der Waals surface area contributed by atoms with Gasteiger partial charge >= 0.3 is 0 Å². The Labute approximate surface area is 113 Å². The highest BCUT2D eigenvalue weighted by molar-refractivity contribution is 7.80. The molecule has 0 saturated carbocycles. The lowest BCUT2D eigenvalue weighted by Gasteiger charge is -2.18. The molecule has 4 nitrogen and oxygen atoms in total. The molecule has 0 aromatic heterocycles. The molecule has 5 heteroatoms. The topological polar surface area (TPSA) is 64.7 Å². The molecular formula is C13H19NO3S. The summed E-state index contributed by atoms with van der Waals surface area (Å²) in [7, 11) is 1.56. The summed E-state index contributed by atoms with van der Waals surface area (Å²) in [6, 6.07) is 5.28. The number of ether oxygens (including phenoxy) is 2. The van der Waals surface area contributed by atoms with Crippen LogP contribution in [0.25, 0.3) is 0 Å². The molecule has 100 valence electrons. The van der Waals surface area contributed by atoms with Crippen LogP contribution in [0.15, 0.2) is 18.2 Å². The Hall–Kier alpha value is -1.33. The summed E-state index contributed by atoms with van der Waals surface area (Å²) >= 11 is 4.90. The minimum absolute atomic E-state index is 0.316. The van der Waals surface area contributed by atoms with Crippen molar-refractivity contribution in [3.63, 3.8) is 0 Å². The van der Waals surface area contributed by atoms with Crippen molar-refractivity contribution in [1.29, 1.82) is 0 Å². The molecule has 0 amide bonds. The summed E-state index contributed by atoms with van der Waals surface area (Å²) in [6.45, 7) is 3.89. The molecule has 1 aromatic carbocycles. The van der Waals surface area contributed by atoms with Crippen LogP contribution in [0, 0.1) is 0 Å². The van der Waals surface area contributed by atoms with E-state index < -0.39 is 5.60 Å². The van der Waals surface area contributed by atoms with Crippen molar-refractivity contribution in [2.24, 2.45) is 5.73 Å². The maximum Gasteiger partial charge on any atom is 0.161 e. The lowest BCUT2D eigenvalue weighted by atomic mass is 10.1. The van der Waals surface area contributed by atoms with Gasteiger partial charge < -0.3 is 20.3 Å². The molecule has 1 rings (SSSR count). The average Bonchev–Trinajstić information content (AvgIpc) is 2.27. The lowest BCUT2D eigenvalue weighted by Crippen LogP contribution is -2.21. The van der Waals surface area contributed by atoms with Gasteiger partial charge in [-0.1, -0.05) is 12.2 Å². The summed E-state index contributed by atoms with van der Waals surface area (Å²) in [5.74, 6) is 1.19. The molecular weight excluding hydrogens is 250 g/mol. The Balaban J connectivity index is 2.74. The summed E-state index contributed by atoms with van der Waals surface area (Å²) in [4.78, 5) is 0.316. The molecule has 0 fully saturated rings.